The van der Waals surface area contributed by atoms with Gasteiger partial charge in [0.2, 0.25) is 0 Å². The summed E-state index contributed by atoms with van der Waals surface area (Å²) >= 11 is 0. The SMILES string of the molecule is CCN(CC)c1ccc(CNC(=NC)N(C)CC2CCOC2)cn1. The van der Waals surface area contributed by atoms with Gasteiger partial charge in [0.25, 0.3) is 0 Å². The molecule has 1 saturated heterocycles. The number of pyridine rings is 1. The molecule has 134 valence electrons. The average molecular weight is 333 g/mol. The highest BCUT2D eigenvalue weighted by molar-refractivity contribution is 5.79. The van der Waals surface area contributed by atoms with Gasteiger partial charge in [-0.3, -0.25) is 4.99 Å². The predicted octanol–water partition coefficient (Wildman–Crippen LogP) is 1.97. The third-order valence-electron chi connectivity index (χ3n) is 4.48. The Hall–Kier alpha value is -1.82. The highest BCUT2D eigenvalue weighted by atomic mass is 16.5. The number of aromatic nitrogens is 1. The molecule has 6 heteroatoms. The summed E-state index contributed by atoms with van der Waals surface area (Å²) in [5.41, 5.74) is 1.16. The van der Waals surface area contributed by atoms with Crippen LogP contribution in [0, 0.1) is 5.92 Å². The minimum absolute atomic E-state index is 0.601. The highest BCUT2D eigenvalue weighted by Crippen LogP contribution is 2.13. The number of guanidine groups is 1. The van der Waals surface area contributed by atoms with Crippen LogP contribution in [0.25, 0.3) is 0 Å². The molecule has 1 aliphatic rings. The third kappa shape index (κ3) is 5.09. The van der Waals surface area contributed by atoms with Crippen LogP contribution in [0.2, 0.25) is 0 Å². The fraction of sp³-hybridized carbons (Fsp3) is 0.667. The summed E-state index contributed by atoms with van der Waals surface area (Å²) < 4.78 is 5.45. The van der Waals surface area contributed by atoms with Crippen LogP contribution in [0.3, 0.4) is 0 Å². The average Bonchev–Trinajstić information content (AvgIpc) is 3.10. The van der Waals surface area contributed by atoms with E-state index in [2.05, 4.69) is 58.1 Å². The second-order valence-electron chi connectivity index (χ2n) is 6.21. The van der Waals surface area contributed by atoms with E-state index in [1.807, 2.05) is 13.2 Å². The Morgan fingerprint density at radius 1 is 1.38 bits per heavy atom. The van der Waals surface area contributed by atoms with Crippen LogP contribution in [-0.2, 0) is 11.3 Å². The smallest absolute Gasteiger partial charge is 0.193 e. The second-order valence-corrected chi connectivity index (χ2v) is 6.21. The molecule has 0 spiro atoms. The van der Waals surface area contributed by atoms with Gasteiger partial charge in [0.1, 0.15) is 5.82 Å². The first-order valence-corrected chi connectivity index (χ1v) is 8.87. The van der Waals surface area contributed by atoms with Gasteiger partial charge in [0.15, 0.2) is 5.96 Å². The number of hydrogen-bond acceptors (Lipinski definition) is 4. The lowest BCUT2D eigenvalue weighted by atomic mass is 10.1. The van der Waals surface area contributed by atoms with Crippen molar-refractivity contribution in [1.29, 1.82) is 0 Å². The van der Waals surface area contributed by atoms with Crippen molar-refractivity contribution in [3.05, 3.63) is 23.9 Å². The molecule has 0 aliphatic carbocycles. The standard InChI is InChI=1S/C18H31N5O/c1-5-23(6-2)17-8-7-15(11-20-17)12-21-18(19-3)22(4)13-16-9-10-24-14-16/h7-8,11,16H,5-6,9-10,12-14H2,1-4H3,(H,19,21). The zero-order valence-corrected chi connectivity index (χ0v) is 15.5. The van der Waals surface area contributed by atoms with Crippen LogP contribution in [0.5, 0.6) is 0 Å². The summed E-state index contributed by atoms with van der Waals surface area (Å²) in [7, 11) is 3.90. The first-order valence-electron chi connectivity index (χ1n) is 8.87. The largest absolute Gasteiger partial charge is 0.381 e. The molecule has 1 atom stereocenters. The maximum absolute atomic E-state index is 5.45. The highest BCUT2D eigenvalue weighted by Gasteiger charge is 2.19. The fourth-order valence-corrected chi connectivity index (χ4v) is 3.02. The summed E-state index contributed by atoms with van der Waals surface area (Å²) in [5, 5.41) is 3.42. The third-order valence-corrected chi connectivity index (χ3v) is 4.48. The van der Waals surface area contributed by atoms with E-state index in [0.717, 1.165) is 63.2 Å². The van der Waals surface area contributed by atoms with Crippen LogP contribution in [0.1, 0.15) is 25.8 Å². The normalized spacial score (nSPS) is 17.8. The van der Waals surface area contributed by atoms with Crippen molar-refractivity contribution in [2.45, 2.75) is 26.8 Å². The fourth-order valence-electron chi connectivity index (χ4n) is 3.02. The van der Waals surface area contributed by atoms with Crippen LogP contribution < -0.4 is 10.2 Å². The van der Waals surface area contributed by atoms with Crippen molar-refractivity contribution < 1.29 is 4.74 Å². The molecular formula is C18H31N5O. The summed E-state index contributed by atoms with van der Waals surface area (Å²) in [6.07, 6.45) is 3.08. The lowest BCUT2D eigenvalue weighted by Gasteiger charge is -2.24. The monoisotopic (exact) mass is 333 g/mol. The zero-order valence-electron chi connectivity index (χ0n) is 15.5. The van der Waals surface area contributed by atoms with E-state index >= 15 is 0 Å². The number of hydrogen-bond donors (Lipinski definition) is 1. The van der Waals surface area contributed by atoms with Crippen molar-refractivity contribution in [2.75, 3.05) is 51.8 Å². The molecular weight excluding hydrogens is 302 g/mol. The van der Waals surface area contributed by atoms with E-state index in [1.54, 1.807) is 0 Å². The van der Waals surface area contributed by atoms with Gasteiger partial charge in [-0.05, 0) is 31.9 Å². The first-order chi connectivity index (χ1) is 11.7. The van der Waals surface area contributed by atoms with E-state index in [0.29, 0.717) is 5.92 Å². The molecule has 1 aliphatic heterocycles. The number of rotatable bonds is 7. The van der Waals surface area contributed by atoms with Crippen LogP contribution in [0.4, 0.5) is 5.82 Å². The Balaban J connectivity index is 1.86. The molecule has 6 nitrogen and oxygen atoms in total. The van der Waals surface area contributed by atoms with Crippen molar-refractivity contribution >= 4 is 11.8 Å². The molecule has 24 heavy (non-hydrogen) atoms. The summed E-state index contributed by atoms with van der Waals surface area (Å²) in [5.74, 6) is 2.55. The van der Waals surface area contributed by atoms with Crippen molar-refractivity contribution in [2.24, 2.45) is 10.9 Å². The number of ether oxygens (including phenoxy) is 1. The van der Waals surface area contributed by atoms with E-state index in [-0.39, 0.29) is 0 Å². The Morgan fingerprint density at radius 2 is 2.17 bits per heavy atom. The summed E-state index contributed by atoms with van der Waals surface area (Å²) in [6.45, 7) is 9.69. The van der Waals surface area contributed by atoms with Crippen molar-refractivity contribution in [3.63, 3.8) is 0 Å². The summed E-state index contributed by atoms with van der Waals surface area (Å²) in [6, 6.07) is 4.22. The van der Waals surface area contributed by atoms with Crippen LogP contribution >= 0.6 is 0 Å². The molecule has 2 heterocycles. The topological polar surface area (TPSA) is 53.0 Å². The molecule has 1 aromatic rings. The number of anilines is 1. The van der Waals surface area contributed by atoms with Crippen molar-refractivity contribution in [3.8, 4) is 0 Å². The lowest BCUT2D eigenvalue weighted by molar-refractivity contribution is 0.181. The number of nitrogens with one attached hydrogen (secondary N) is 1. The molecule has 1 N–H and O–H groups in total. The Labute approximate surface area is 145 Å². The molecule has 0 amide bonds. The molecule has 2 rings (SSSR count). The zero-order chi connectivity index (χ0) is 17.4. The second kappa shape index (κ2) is 9.47. The Bertz CT molecular complexity index is 507. The predicted molar refractivity (Wildman–Crippen MR) is 99.6 cm³/mol. The van der Waals surface area contributed by atoms with E-state index in [9.17, 15) is 0 Å². The Kier molecular flexibility index (Phi) is 7.31. The quantitative estimate of drug-likeness (QED) is 0.611. The molecule has 1 unspecified atom stereocenters. The van der Waals surface area contributed by atoms with Crippen molar-refractivity contribution in [1.82, 2.24) is 15.2 Å². The maximum Gasteiger partial charge on any atom is 0.193 e. The van der Waals surface area contributed by atoms with Crippen LogP contribution in [0.15, 0.2) is 23.3 Å². The molecule has 1 fully saturated rings. The lowest BCUT2D eigenvalue weighted by Crippen LogP contribution is -2.41. The van der Waals surface area contributed by atoms with Gasteiger partial charge in [0.05, 0.1) is 6.61 Å². The minimum Gasteiger partial charge on any atom is -0.381 e. The van der Waals surface area contributed by atoms with Gasteiger partial charge in [0, 0.05) is 59.0 Å². The van der Waals surface area contributed by atoms with Gasteiger partial charge < -0.3 is 19.9 Å². The molecule has 0 aromatic carbocycles. The molecule has 0 saturated carbocycles. The van der Waals surface area contributed by atoms with E-state index in [4.69, 9.17) is 4.74 Å². The van der Waals surface area contributed by atoms with Crippen LogP contribution in [-0.4, -0.2) is 62.8 Å². The van der Waals surface area contributed by atoms with Gasteiger partial charge in [-0.2, -0.15) is 0 Å². The molecule has 1 aromatic heterocycles. The van der Waals surface area contributed by atoms with E-state index in [1.165, 1.54) is 0 Å². The minimum atomic E-state index is 0.601. The molecule has 0 radical (unpaired) electrons. The maximum atomic E-state index is 5.45. The van der Waals surface area contributed by atoms with Gasteiger partial charge in [-0.15, -0.1) is 0 Å². The first kappa shape index (κ1) is 18.5. The number of nitrogens with zero attached hydrogens (tertiary/aromatic N) is 4. The van der Waals surface area contributed by atoms with Gasteiger partial charge in [-0.1, -0.05) is 6.07 Å². The Morgan fingerprint density at radius 3 is 2.71 bits per heavy atom. The molecule has 0 bridgehead atoms. The number of aliphatic imine (C=N–C) groups is 1. The summed E-state index contributed by atoms with van der Waals surface area (Å²) in [4.78, 5) is 13.4. The van der Waals surface area contributed by atoms with Gasteiger partial charge in [-0.25, -0.2) is 4.98 Å². The van der Waals surface area contributed by atoms with Gasteiger partial charge >= 0.3 is 0 Å². The van der Waals surface area contributed by atoms with E-state index < -0.39 is 0 Å².